The summed E-state index contributed by atoms with van der Waals surface area (Å²) in [5, 5.41) is 11.8. The van der Waals surface area contributed by atoms with E-state index in [1.807, 2.05) is 13.0 Å². The van der Waals surface area contributed by atoms with Crippen LogP contribution in [0, 0.1) is 0 Å². The predicted octanol–water partition coefficient (Wildman–Crippen LogP) is 1.73. The molecular formula is C15H23NO4. The number of nitrogens with one attached hydrogen (secondary N) is 1. The number of benzene rings is 1. The molecule has 20 heavy (non-hydrogen) atoms. The van der Waals surface area contributed by atoms with Crippen molar-refractivity contribution in [3.05, 3.63) is 29.3 Å². The smallest absolute Gasteiger partial charge is 0.251 e. The molecule has 0 aliphatic carbocycles. The Morgan fingerprint density at radius 3 is 2.75 bits per heavy atom. The van der Waals surface area contributed by atoms with E-state index in [9.17, 15) is 9.90 Å². The van der Waals surface area contributed by atoms with Gasteiger partial charge in [-0.15, -0.1) is 0 Å². The molecule has 5 heteroatoms. The SMILES string of the molecule is CCCc1ccc(C(=O)NCC(O)OC)cc1OCC. The van der Waals surface area contributed by atoms with Gasteiger partial charge in [0.1, 0.15) is 5.75 Å². The monoisotopic (exact) mass is 281 g/mol. The average molecular weight is 281 g/mol. The number of amides is 1. The molecule has 1 amide bonds. The van der Waals surface area contributed by atoms with Crippen LogP contribution in [0.1, 0.15) is 36.2 Å². The summed E-state index contributed by atoms with van der Waals surface area (Å²) >= 11 is 0. The Labute approximate surface area is 119 Å². The molecule has 1 atom stereocenters. The highest BCUT2D eigenvalue weighted by atomic mass is 16.6. The second-order valence-electron chi connectivity index (χ2n) is 4.41. The van der Waals surface area contributed by atoms with Crippen LogP contribution in [0.4, 0.5) is 0 Å². The van der Waals surface area contributed by atoms with Gasteiger partial charge in [-0.25, -0.2) is 0 Å². The number of ether oxygens (including phenoxy) is 2. The largest absolute Gasteiger partial charge is 0.494 e. The van der Waals surface area contributed by atoms with Crippen LogP contribution in [-0.2, 0) is 11.2 Å². The summed E-state index contributed by atoms with van der Waals surface area (Å²) in [5.74, 6) is 0.486. The summed E-state index contributed by atoms with van der Waals surface area (Å²) in [7, 11) is 1.38. The fraction of sp³-hybridized carbons (Fsp3) is 0.533. The molecule has 1 aromatic rings. The van der Waals surface area contributed by atoms with Crippen molar-refractivity contribution in [1.82, 2.24) is 5.32 Å². The second kappa shape index (κ2) is 8.55. The minimum absolute atomic E-state index is 0.0516. The van der Waals surface area contributed by atoms with Crippen molar-refractivity contribution < 1.29 is 19.4 Å². The average Bonchev–Trinajstić information content (AvgIpc) is 2.46. The van der Waals surface area contributed by atoms with Gasteiger partial charge in [0.2, 0.25) is 0 Å². The Kier molecular flexibility index (Phi) is 7.04. The van der Waals surface area contributed by atoms with Gasteiger partial charge in [0.25, 0.3) is 5.91 Å². The van der Waals surface area contributed by atoms with E-state index in [0.29, 0.717) is 12.2 Å². The number of hydrogen-bond acceptors (Lipinski definition) is 4. The molecule has 1 aromatic carbocycles. The van der Waals surface area contributed by atoms with Crippen molar-refractivity contribution in [3.63, 3.8) is 0 Å². The number of rotatable bonds is 8. The van der Waals surface area contributed by atoms with Crippen LogP contribution in [-0.4, -0.2) is 37.6 Å². The highest BCUT2D eigenvalue weighted by molar-refractivity contribution is 5.94. The van der Waals surface area contributed by atoms with E-state index in [2.05, 4.69) is 17.0 Å². The third-order valence-corrected chi connectivity index (χ3v) is 2.86. The van der Waals surface area contributed by atoms with E-state index in [-0.39, 0.29) is 12.5 Å². The molecule has 1 rings (SSSR count). The van der Waals surface area contributed by atoms with Gasteiger partial charge in [-0.05, 0) is 31.0 Å². The number of carbonyl (C=O) groups excluding carboxylic acids is 1. The van der Waals surface area contributed by atoms with Crippen LogP contribution in [0.15, 0.2) is 18.2 Å². The fourth-order valence-corrected chi connectivity index (χ4v) is 1.83. The molecule has 0 spiro atoms. The third-order valence-electron chi connectivity index (χ3n) is 2.86. The molecule has 0 aromatic heterocycles. The van der Waals surface area contributed by atoms with Gasteiger partial charge in [-0.3, -0.25) is 4.79 Å². The van der Waals surface area contributed by atoms with Gasteiger partial charge in [0.05, 0.1) is 13.2 Å². The van der Waals surface area contributed by atoms with Gasteiger partial charge < -0.3 is 19.9 Å². The molecule has 2 N–H and O–H groups in total. The van der Waals surface area contributed by atoms with Crippen LogP contribution in [0.25, 0.3) is 0 Å². The van der Waals surface area contributed by atoms with E-state index in [1.54, 1.807) is 12.1 Å². The van der Waals surface area contributed by atoms with Gasteiger partial charge in [0.15, 0.2) is 6.29 Å². The number of aryl methyl sites for hydroxylation is 1. The lowest BCUT2D eigenvalue weighted by atomic mass is 10.1. The van der Waals surface area contributed by atoms with E-state index in [4.69, 9.17) is 4.74 Å². The molecule has 0 aliphatic rings. The maximum Gasteiger partial charge on any atom is 0.251 e. The molecule has 0 saturated heterocycles. The molecule has 0 aliphatic heterocycles. The maximum absolute atomic E-state index is 12.0. The summed E-state index contributed by atoms with van der Waals surface area (Å²) in [6, 6.07) is 5.42. The van der Waals surface area contributed by atoms with Crippen molar-refractivity contribution in [2.24, 2.45) is 0 Å². The number of hydrogen-bond donors (Lipinski definition) is 2. The summed E-state index contributed by atoms with van der Waals surface area (Å²) in [4.78, 5) is 12.0. The number of carbonyl (C=O) groups is 1. The normalized spacial score (nSPS) is 12.0. The molecule has 0 saturated carbocycles. The lowest BCUT2D eigenvalue weighted by Crippen LogP contribution is -2.32. The van der Waals surface area contributed by atoms with E-state index in [1.165, 1.54) is 7.11 Å². The molecule has 0 heterocycles. The highest BCUT2D eigenvalue weighted by Gasteiger charge is 2.11. The number of aliphatic hydroxyl groups is 1. The highest BCUT2D eigenvalue weighted by Crippen LogP contribution is 2.22. The van der Waals surface area contributed by atoms with Crippen molar-refractivity contribution in [1.29, 1.82) is 0 Å². The molecule has 0 fully saturated rings. The van der Waals surface area contributed by atoms with Gasteiger partial charge in [0, 0.05) is 12.7 Å². The first-order chi connectivity index (χ1) is 9.62. The summed E-state index contributed by atoms with van der Waals surface area (Å²) in [6.07, 6.45) is 0.940. The first-order valence-electron chi connectivity index (χ1n) is 6.87. The Bertz CT molecular complexity index is 434. The lowest BCUT2D eigenvalue weighted by Gasteiger charge is -2.13. The van der Waals surface area contributed by atoms with Gasteiger partial charge in [-0.2, -0.15) is 0 Å². The van der Waals surface area contributed by atoms with Crippen LogP contribution in [0.3, 0.4) is 0 Å². The zero-order valence-corrected chi connectivity index (χ0v) is 12.3. The molecular weight excluding hydrogens is 258 g/mol. The van der Waals surface area contributed by atoms with E-state index < -0.39 is 6.29 Å². The molecule has 112 valence electrons. The first-order valence-corrected chi connectivity index (χ1v) is 6.87. The summed E-state index contributed by atoms with van der Waals surface area (Å²) in [6.45, 7) is 4.63. The zero-order chi connectivity index (χ0) is 15.0. The summed E-state index contributed by atoms with van der Waals surface area (Å²) in [5.41, 5.74) is 1.61. The van der Waals surface area contributed by atoms with E-state index >= 15 is 0 Å². The standard InChI is InChI=1S/C15H23NO4/c1-4-6-11-7-8-12(9-13(11)20-5-2)15(18)16-10-14(17)19-3/h7-9,14,17H,4-6,10H2,1-3H3,(H,16,18). The molecule has 1 unspecified atom stereocenters. The maximum atomic E-state index is 12.0. The number of aliphatic hydroxyl groups excluding tert-OH is 1. The molecule has 0 radical (unpaired) electrons. The number of methoxy groups -OCH3 is 1. The zero-order valence-electron chi connectivity index (χ0n) is 12.3. The van der Waals surface area contributed by atoms with Gasteiger partial charge in [-0.1, -0.05) is 19.4 Å². The third kappa shape index (κ3) is 4.83. The Hall–Kier alpha value is -1.59. The van der Waals surface area contributed by atoms with Crippen molar-refractivity contribution in [3.8, 4) is 5.75 Å². The quantitative estimate of drug-likeness (QED) is 0.712. The van der Waals surface area contributed by atoms with Crippen molar-refractivity contribution in [2.75, 3.05) is 20.3 Å². The van der Waals surface area contributed by atoms with E-state index in [0.717, 1.165) is 24.2 Å². The van der Waals surface area contributed by atoms with Crippen molar-refractivity contribution >= 4 is 5.91 Å². The molecule has 5 nitrogen and oxygen atoms in total. The molecule has 0 bridgehead atoms. The Morgan fingerprint density at radius 1 is 1.40 bits per heavy atom. The second-order valence-corrected chi connectivity index (χ2v) is 4.41. The minimum atomic E-state index is -0.996. The van der Waals surface area contributed by atoms with Crippen LogP contribution < -0.4 is 10.1 Å². The van der Waals surface area contributed by atoms with Crippen LogP contribution in [0.5, 0.6) is 5.75 Å². The van der Waals surface area contributed by atoms with Gasteiger partial charge >= 0.3 is 0 Å². The Morgan fingerprint density at radius 2 is 2.15 bits per heavy atom. The minimum Gasteiger partial charge on any atom is -0.494 e. The predicted molar refractivity (Wildman–Crippen MR) is 77.0 cm³/mol. The fourth-order valence-electron chi connectivity index (χ4n) is 1.83. The Balaban J connectivity index is 2.79. The lowest BCUT2D eigenvalue weighted by molar-refractivity contribution is -0.0694. The summed E-state index contributed by atoms with van der Waals surface area (Å²) < 4.78 is 10.2. The first kappa shape index (κ1) is 16.5. The van der Waals surface area contributed by atoms with Crippen molar-refractivity contribution in [2.45, 2.75) is 33.0 Å². The van der Waals surface area contributed by atoms with Crippen LogP contribution >= 0.6 is 0 Å². The van der Waals surface area contributed by atoms with Crippen LogP contribution in [0.2, 0.25) is 0 Å². The topological polar surface area (TPSA) is 67.8 Å².